The van der Waals surface area contributed by atoms with Crippen molar-refractivity contribution in [2.24, 2.45) is 0 Å². The number of aromatic nitrogens is 1. The molecule has 0 radical (unpaired) electrons. The van der Waals surface area contributed by atoms with Crippen molar-refractivity contribution in [3.8, 4) is 0 Å². The molecule has 0 saturated carbocycles. The number of aryl methyl sites for hydroxylation is 1. The Kier molecular flexibility index (Phi) is 2.68. The highest BCUT2D eigenvalue weighted by Gasteiger charge is 2.41. The highest BCUT2D eigenvalue weighted by Crippen LogP contribution is 2.39. The van der Waals surface area contributed by atoms with E-state index >= 15 is 0 Å². The molecule has 17 heavy (non-hydrogen) atoms. The van der Waals surface area contributed by atoms with Crippen LogP contribution in [0.3, 0.4) is 0 Å². The van der Waals surface area contributed by atoms with Crippen molar-refractivity contribution in [3.63, 3.8) is 0 Å². The topological polar surface area (TPSA) is 45.2 Å². The molecule has 1 aromatic heterocycles. The van der Waals surface area contributed by atoms with E-state index in [1.807, 2.05) is 19.3 Å². The lowest BCUT2D eigenvalue weighted by Crippen LogP contribution is -2.54. The van der Waals surface area contributed by atoms with Gasteiger partial charge in [0, 0.05) is 30.0 Å². The molecule has 2 aliphatic heterocycles. The molecule has 0 aliphatic carbocycles. The number of pyridine rings is 1. The number of piperidine rings is 2. The van der Waals surface area contributed by atoms with Crippen LogP contribution in [0.2, 0.25) is 0 Å². The number of rotatable bonds is 1. The van der Waals surface area contributed by atoms with Crippen molar-refractivity contribution in [2.75, 3.05) is 0 Å². The summed E-state index contributed by atoms with van der Waals surface area (Å²) in [4.78, 5) is 4.22. The van der Waals surface area contributed by atoms with E-state index in [1.165, 1.54) is 19.3 Å². The van der Waals surface area contributed by atoms with Gasteiger partial charge < -0.3 is 10.4 Å². The third-order valence-electron chi connectivity index (χ3n) is 4.16. The summed E-state index contributed by atoms with van der Waals surface area (Å²) < 4.78 is 0. The van der Waals surface area contributed by atoms with E-state index in [9.17, 15) is 5.11 Å². The van der Waals surface area contributed by atoms with Crippen LogP contribution in [0, 0.1) is 6.92 Å². The molecular formula is C14H20N2O. The van der Waals surface area contributed by atoms with Crippen LogP contribution in [0.1, 0.15) is 43.2 Å². The van der Waals surface area contributed by atoms with E-state index in [2.05, 4.69) is 16.4 Å². The molecule has 0 amide bonds. The Balaban J connectivity index is 1.90. The Labute approximate surface area is 102 Å². The van der Waals surface area contributed by atoms with Crippen LogP contribution in [0.25, 0.3) is 0 Å². The summed E-state index contributed by atoms with van der Waals surface area (Å²) in [6, 6.07) is 3.04. The van der Waals surface area contributed by atoms with Gasteiger partial charge in [-0.2, -0.15) is 0 Å². The van der Waals surface area contributed by atoms with Crippen LogP contribution in [-0.4, -0.2) is 22.2 Å². The lowest BCUT2D eigenvalue weighted by Gasteiger charge is -2.45. The fourth-order valence-electron chi connectivity index (χ4n) is 3.38. The molecular weight excluding hydrogens is 212 g/mol. The molecule has 0 aromatic carbocycles. The normalized spacial score (nSPS) is 36.8. The van der Waals surface area contributed by atoms with Crippen LogP contribution in [0.4, 0.5) is 0 Å². The Hall–Kier alpha value is -0.930. The molecule has 2 bridgehead atoms. The van der Waals surface area contributed by atoms with Gasteiger partial charge in [-0.15, -0.1) is 0 Å². The molecule has 1 aromatic rings. The molecule has 2 atom stereocenters. The predicted molar refractivity (Wildman–Crippen MR) is 66.7 cm³/mol. The summed E-state index contributed by atoms with van der Waals surface area (Å²) in [5, 5.41) is 14.5. The zero-order valence-electron chi connectivity index (χ0n) is 10.3. The molecule has 2 saturated heterocycles. The summed E-state index contributed by atoms with van der Waals surface area (Å²) in [6.07, 6.45) is 9.01. The zero-order valence-corrected chi connectivity index (χ0v) is 10.3. The van der Waals surface area contributed by atoms with E-state index in [4.69, 9.17) is 0 Å². The van der Waals surface area contributed by atoms with E-state index in [1.54, 1.807) is 0 Å². The van der Waals surface area contributed by atoms with Crippen molar-refractivity contribution in [3.05, 3.63) is 29.6 Å². The number of nitrogens with zero attached hydrogens (tertiary/aromatic N) is 1. The maximum absolute atomic E-state index is 10.9. The van der Waals surface area contributed by atoms with Gasteiger partial charge in [-0.1, -0.05) is 12.5 Å². The minimum absolute atomic E-state index is 0.480. The lowest BCUT2D eigenvalue weighted by molar-refractivity contribution is -0.0361. The minimum atomic E-state index is -0.667. The number of fused-ring (bicyclic) bond motifs is 2. The highest BCUT2D eigenvalue weighted by molar-refractivity contribution is 5.25. The maximum Gasteiger partial charge on any atom is 0.0941 e. The molecule has 3 nitrogen and oxygen atoms in total. The van der Waals surface area contributed by atoms with Crippen LogP contribution >= 0.6 is 0 Å². The molecule has 3 rings (SSSR count). The Morgan fingerprint density at radius 3 is 2.65 bits per heavy atom. The molecule has 92 valence electrons. The molecule has 2 N–H and O–H groups in total. The summed E-state index contributed by atoms with van der Waals surface area (Å²) in [7, 11) is 0. The summed E-state index contributed by atoms with van der Waals surface area (Å²) in [6.45, 7) is 2.03. The third-order valence-corrected chi connectivity index (χ3v) is 4.16. The zero-order chi connectivity index (χ0) is 11.9. The molecule has 2 aliphatic rings. The molecule has 2 unspecified atom stereocenters. The van der Waals surface area contributed by atoms with E-state index < -0.39 is 5.60 Å². The van der Waals surface area contributed by atoms with Gasteiger partial charge in [0.2, 0.25) is 0 Å². The van der Waals surface area contributed by atoms with E-state index in [0.717, 1.165) is 24.0 Å². The standard InChI is InChI=1S/C14H20N2O/c1-10-5-11(9-15-8-10)14(17)6-12-3-2-4-13(7-14)16-12/h5,8-9,12-13,16-17H,2-4,6-7H2,1H3. The monoisotopic (exact) mass is 232 g/mol. The average molecular weight is 232 g/mol. The molecule has 2 fully saturated rings. The summed E-state index contributed by atoms with van der Waals surface area (Å²) in [5.74, 6) is 0. The van der Waals surface area contributed by atoms with Gasteiger partial charge in [0.15, 0.2) is 0 Å². The third kappa shape index (κ3) is 2.09. The fourth-order valence-corrected chi connectivity index (χ4v) is 3.38. The van der Waals surface area contributed by atoms with Gasteiger partial charge in [0.1, 0.15) is 0 Å². The van der Waals surface area contributed by atoms with Gasteiger partial charge in [0.25, 0.3) is 0 Å². The Bertz CT molecular complexity index is 406. The first-order valence-electron chi connectivity index (χ1n) is 6.56. The minimum Gasteiger partial charge on any atom is -0.385 e. The number of hydrogen-bond donors (Lipinski definition) is 2. The molecule has 3 heterocycles. The van der Waals surface area contributed by atoms with Crippen molar-refractivity contribution in [1.29, 1.82) is 0 Å². The van der Waals surface area contributed by atoms with Crippen molar-refractivity contribution in [2.45, 2.75) is 56.7 Å². The van der Waals surface area contributed by atoms with Gasteiger partial charge in [-0.05, 0) is 38.2 Å². The van der Waals surface area contributed by atoms with Gasteiger partial charge in [-0.25, -0.2) is 0 Å². The summed E-state index contributed by atoms with van der Waals surface area (Å²) in [5.41, 5.74) is 1.45. The first-order valence-corrected chi connectivity index (χ1v) is 6.56. The van der Waals surface area contributed by atoms with Crippen LogP contribution < -0.4 is 5.32 Å². The van der Waals surface area contributed by atoms with Crippen LogP contribution in [-0.2, 0) is 5.60 Å². The molecule has 3 heteroatoms. The first-order chi connectivity index (χ1) is 8.16. The second kappa shape index (κ2) is 4.07. The van der Waals surface area contributed by atoms with Crippen molar-refractivity contribution < 1.29 is 5.11 Å². The number of hydrogen-bond acceptors (Lipinski definition) is 3. The summed E-state index contributed by atoms with van der Waals surface area (Å²) >= 11 is 0. The SMILES string of the molecule is Cc1cncc(C2(O)CC3CCCC(C2)N3)c1. The largest absolute Gasteiger partial charge is 0.385 e. The van der Waals surface area contributed by atoms with Crippen molar-refractivity contribution in [1.82, 2.24) is 10.3 Å². The van der Waals surface area contributed by atoms with E-state index in [0.29, 0.717) is 12.1 Å². The fraction of sp³-hybridized carbons (Fsp3) is 0.643. The van der Waals surface area contributed by atoms with E-state index in [-0.39, 0.29) is 0 Å². The van der Waals surface area contributed by atoms with Gasteiger partial charge >= 0.3 is 0 Å². The second-order valence-electron chi connectivity index (χ2n) is 5.68. The van der Waals surface area contributed by atoms with Crippen LogP contribution in [0.5, 0.6) is 0 Å². The number of nitrogens with one attached hydrogen (secondary N) is 1. The van der Waals surface area contributed by atoms with Gasteiger partial charge in [-0.3, -0.25) is 4.98 Å². The van der Waals surface area contributed by atoms with Crippen molar-refractivity contribution >= 4 is 0 Å². The smallest absolute Gasteiger partial charge is 0.0941 e. The highest BCUT2D eigenvalue weighted by atomic mass is 16.3. The molecule has 0 spiro atoms. The van der Waals surface area contributed by atoms with Gasteiger partial charge in [0.05, 0.1) is 5.60 Å². The Morgan fingerprint density at radius 2 is 2.00 bits per heavy atom. The number of aliphatic hydroxyl groups is 1. The van der Waals surface area contributed by atoms with Crippen LogP contribution in [0.15, 0.2) is 18.5 Å². The first kappa shape index (κ1) is 11.2. The quantitative estimate of drug-likeness (QED) is 0.777. The second-order valence-corrected chi connectivity index (χ2v) is 5.68. The Morgan fingerprint density at radius 1 is 1.29 bits per heavy atom. The lowest BCUT2D eigenvalue weighted by atomic mass is 9.74. The maximum atomic E-state index is 10.9. The predicted octanol–water partition coefficient (Wildman–Crippen LogP) is 1.88. The average Bonchev–Trinajstić information content (AvgIpc) is 2.28.